The minimum absolute atomic E-state index is 0.0225. The van der Waals surface area contributed by atoms with Gasteiger partial charge in [-0.05, 0) is 48.9 Å². The first-order valence-electron chi connectivity index (χ1n) is 18.2. The summed E-state index contributed by atoms with van der Waals surface area (Å²) in [5.41, 5.74) is 7.59. The number of halogens is 2. The fraction of sp³-hybridized carbons (Fsp3) is 0.114. The smallest absolute Gasteiger partial charge is 0.319 e. The van der Waals surface area contributed by atoms with E-state index < -0.39 is 11.4 Å². The molecule has 0 bridgehead atoms. The number of amides is 2. The van der Waals surface area contributed by atoms with Gasteiger partial charge in [-0.2, -0.15) is 0 Å². The molecule has 288 valence electrons. The van der Waals surface area contributed by atoms with Crippen LogP contribution in [0.4, 0.5) is 22.7 Å². The molecule has 12 nitrogen and oxygen atoms in total. The monoisotopic (exact) mass is 898 g/mol. The van der Waals surface area contributed by atoms with Crippen molar-refractivity contribution in [2.45, 2.75) is 13.5 Å². The molecule has 4 aliphatic heterocycles. The number of hydrogen-bond acceptors (Lipinski definition) is 10. The zero-order valence-corrected chi connectivity index (χ0v) is 33.9. The molecule has 0 saturated heterocycles. The lowest BCUT2D eigenvalue weighted by Crippen LogP contribution is -2.38. The van der Waals surface area contributed by atoms with Crippen LogP contribution < -0.4 is 21.3 Å². The summed E-state index contributed by atoms with van der Waals surface area (Å²) < 4.78 is 7.48. The van der Waals surface area contributed by atoms with E-state index in [1.165, 1.54) is 0 Å². The molecule has 1 atom stereocenters. The van der Waals surface area contributed by atoms with Gasteiger partial charge in [0.15, 0.2) is 0 Å². The number of fused-ring (bicyclic) bond motifs is 4. The van der Waals surface area contributed by atoms with Gasteiger partial charge in [0.25, 0.3) is 11.8 Å². The van der Waals surface area contributed by atoms with Crippen LogP contribution in [0.2, 0.25) is 0 Å². The number of nitrogens with one attached hydrogen (secondary N) is 4. The number of ether oxygens (including phenoxy) is 1. The number of oxime groups is 2. The van der Waals surface area contributed by atoms with Crippen molar-refractivity contribution in [3.63, 3.8) is 0 Å². The highest BCUT2D eigenvalue weighted by Gasteiger charge is 2.40. The van der Waals surface area contributed by atoms with Crippen LogP contribution in [0, 0.1) is 5.41 Å². The van der Waals surface area contributed by atoms with Gasteiger partial charge < -0.3 is 35.7 Å². The average Bonchev–Trinajstić information content (AvgIpc) is 3.95. The SMILES string of the molecule is CC(CO/N=C1\C(=C2/C(=O)Nc3cc(Br)ccc32)Nc2ccccc21)(CO/N=C1/C(=C2/C(=O)Nc3cc(Br)ccc32)Nc2ccccc21)C(=O)OCc1ccccc1. The third-order valence-electron chi connectivity index (χ3n) is 10.1. The number of benzene rings is 5. The molecule has 58 heavy (non-hydrogen) atoms. The lowest BCUT2D eigenvalue weighted by molar-refractivity contribution is -0.165. The Morgan fingerprint density at radius 2 is 1.05 bits per heavy atom. The second kappa shape index (κ2) is 15.1. The van der Waals surface area contributed by atoms with Gasteiger partial charge in [0.1, 0.15) is 36.7 Å². The zero-order chi connectivity index (χ0) is 40.0. The number of hydrogen-bond donors (Lipinski definition) is 4. The van der Waals surface area contributed by atoms with Crippen molar-refractivity contribution in [2.24, 2.45) is 15.7 Å². The van der Waals surface area contributed by atoms with Gasteiger partial charge in [-0.1, -0.05) is 121 Å². The molecule has 14 heteroatoms. The summed E-state index contributed by atoms with van der Waals surface area (Å²) >= 11 is 6.96. The van der Waals surface area contributed by atoms with Crippen molar-refractivity contribution in [1.82, 2.24) is 0 Å². The highest BCUT2D eigenvalue weighted by Crippen LogP contribution is 2.42. The van der Waals surface area contributed by atoms with Crippen molar-refractivity contribution in [1.29, 1.82) is 0 Å². The molecular formula is C44H32Br2N6O6. The molecule has 9 rings (SSSR count). The fourth-order valence-electron chi connectivity index (χ4n) is 7.13. The summed E-state index contributed by atoms with van der Waals surface area (Å²) in [6, 6.07) is 35.5. The van der Waals surface area contributed by atoms with Gasteiger partial charge in [0, 0.05) is 42.6 Å². The second-order valence-corrected chi connectivity index (χ2v) is 16.0. The maximum Gasteiger partial charge on any atom is 0.319 e. The third-order valence-corrected chi connectivity index (χ3v) is 11.1. The number of anilines is 4. The topological polar surface area (TPSA) is 152 Å². The standard InChI is InChI=1S/C44H32Br2N6O6/c1-44(43(55)56-21-24-9-3-2-4-10-24,22-57-51-37-29-11-5-7-13-31(29)47-39(37)35-27-17-15-25(45)19-33(27)49-41(35)53)23-58-52-38-30-12-6-8-14-32(30)48-40(38)36-28-18-16-26(46)20-34(28)50-42(36)54/h2-20,47-48H,21-23H2,1H3,(H,49,53)(H,50,54)/b39-35-,40-36+,51-37+,52-38-. The van der Waals surface area contributed by atoms with Gasteiger partial charge in [-0.15, -0.1) is 0 Å². The summed E-state index contributed by atoms with van der Waals surface area (Å²) in [5, 5.41) is 21.7. The van der Waals surface area contributed by atoms with Crippen LogP contribution in [0.15, 0.2) is 146 Å². The zero-order valence-electron chi connectivity index (χ0n) is 30.7. The Labute approximate surface area is 349 Å². The normalized spacial score (nSPS) is 19.6. The predicted octanol–water partition coefficient (Wildman–Crippen LogP) is 8.68. The van der Waals surface area contributed by atoms with Gasteiger partial charge in [0.2, 0.25) is 0 Å². The van der Waals surface area contributed by atoms with Gasteiger partial charge >= 0.3 is 5.97 Å². The van der Waals surface area contributed by atoms with Crippen LogP contribution in [-0.4, -0.2) is 42.4 Å². The van der Waals surface area contributed by atoms with Crippen LogP contribution >= 0.6 is 31.9 Å². The largest absolute Gasteiger partial charge is 0.460 e. The molecule has 4 N–H and O–H groups in total. The molecule has 5 aromatic carbocycles. The molecule has 1 unspecified atom stereocenters. The number of carbonyl (C=O) groups is 3. The van der Waals surface area contributed by atoms with E-state index in [0.717, 1.165) is 37.0 Å². The number of para-hydroxylation sites is 2. The summed E-state index contributed by atoms with van der Waals surface area (Å²) in [4.78, 5) is 52.9. The van der Waals surface area contributed by atoms with Crippen LogP contribution in [0.3, 0.4) is 0 Å². The van der Waals surface area contributed by atoms with Crippen LogP contribution in [0.1, 0.15) is 34.7 Å². The Bertz CT molecular complexity index is 2540. The number of carbonyl (C=O) groups excluding carboxylic acids is 3. The minimum atomic E-state index is -1.44. The molecule has 5 aromatic rings. The molecule has 0 saturated carbocycles. The van der Waals surface area contributed by atoms with E-state index >= 15 is 0 Å². The molecule has 0 aromatic heterocycles. The van der Waals surface area contributed by atoms with E-state index in [9.17, 15) is 14.4 Å². The highest BCUT2D eigenvalue weighted by atomic mass is 79.9. The second-order valence-electron chi connectivity index (χ2n) is 14.2. The predicted molar refractivity (Wildman–Crippen MR) is 229 cm³/mol. The Hall–Kier alpha value is -6.51. The Kier molecular flexibility index (Phi) is 9.66. The first-order valence-corrected chi connectivity index (χ1v) is 19.8. The van der Waals surface area contributed by atoms with Crippen molar-refractivity contribution >= 4 is 95.0 Å². The summed E-state index contributed by atoms with van der Waals surface area (Å²) in [5.74, 6) is -1.18. The molecule has 0 fully saturated rings. The summed E-state index contributed by atoms with van der Waals surface area (Å²) in [7, 11) is 0. The van der Waals surface area contributed by atoms with Crippen LogP contribution in [0.25, 0.3) is 11.1 Å². The fourth-order valence-corrected chi connectivity index (χ4v) is 7.85. The van der Waals surface area contributed by atoms with Crippen molar-refractivity contribution < 1.29 is 28.8 Å². The molecular weight excluding hydrogens is 868 g/mol. The van der Waals surface area contributed by atoms with E-state index in [1.807, 2.05) is 115 Å². The van der Waals surface area contributed by atoms with E-state index in [4.69, 9.17) is 14.4 Å². The van der Waals surface area contributed by atoms with Crippen molar-refractivity contribution in [3.05, 3.63) is 163 Å². The van der Waals surface area contributed by atoms with Crippen LogP contribution in [-0.2, 0) is 35.4 Å². The van der Waals surface area contributed by atoms with E-state index in [0.29, 0.717) is 56.5 Å². The molecule has 0 radical (unpaired) electrons. The van der Waals surface area contributed by atoms with Crippen molar-refractivity contribution in [2.75, 3.05) is 34.5 Å². The number of allylic oxidation sites excluding steroid dienone is 2. The Morgan fingerprint density at radius 1 is 0.586 bits per heavy atom. The van der Waals surface area contributed by atoms with E-state index in [-0.39, 0.29) is 31.6 Å². The lowest BCUT2D eigenvalue weighted by Gasteiger charge is -2.24. The molecule has 0 spiro atoms. The third kappa shape index (κ3) is 6.83. The minimum Gasteiger partial charge on any atom is -0.460 e. The molecule has 0 aliphatic carbocycles. The van der Waals surface area contributed by atoms with E-state index in [2.05, 4.69) is 63.4 Å². The maximum absolute atomic E-state index is 14.0. The number of nitrogens with zero attached hydrogens (tertiary/aromatic N) is 2. The van der Waals surface area contributed by atoms with Gasteiger partial charge in [-0.3, -0.25) is 14.4 Å². The van der Waals surface area contributed by atoms with Gasteiger partial charge in [0.05, 0.1) is 33.9 Å². The quantitative estimate of drug-likeness (QED) is 0.0652. The summed E-state index contributed by atoms with van der Waals surface area (Å²) in [6.07, 6.45) is 0. The average molecular weight is 901 g/mol. The van der Waals surface area contributed by atoms with E-state index in [1.54, 1.807) is 6.92 Å². The summed E-state index contributed by atoms with van der Waals surface area (Å²) in [6.45, 7) is 1.12. The molecule has 4 aliphatic rings. The maximum atomic E-state index is 14.0. The Balaban J connectivity index is 1.04. The van der Waals surface area contributed by atoms with Gasteiger partial charge in [-0.25, -0.2) is 0 Å². The lowest BCUT2D eigenvalue weighted by atomic mass is 9.93. The Morgan fingerprint density at radius 3 is 1.55 bits per heavy atom. The first kappa shape index (κ1) is 37.1. The highest BCUT2D eigenvalue weighted by molar-refractivity contribution is 9.10. The molecule has 4 heterocycles. The number of rotatable bonds is 9. The number of esters is 1. The van der Waals surface area contributed by atoms with Crippen LogP contribution in [0.5, 0.6) is 0 Å². The van der Waals surface area contributed by atoms with Crippen molar-refractivity contribution in [3.8, 4) is 0 Å². The molecule has 2 amide bonds. The first-order chi connectivity index (χ1) is 28.2.